The van der Waals surface area contributed by atoms with E-state index in [9.17, 15) is 18.4 Å². The van der Waals surface area contributed by atoms with E-state index in [1.165, 1.54) is 4.90 Å². The lowest BCUT2D eigenvalue weighted by atomic mass is 9.87. The standard InChI is InChI=1S/C16H18ClF2N3O2/c17-10-6-11(18)9(5-12(10)19)7-20-16(24)22-8-15(23)21-13-3-1-2-4-14(13)22/h5-6,13-14H,1-4,7-8H2,(H,20,24)(H,21,23). The molecule has 0 bridgehead atoms. The molecule has 1 aromatic carbocycles. The van der Waals surface area contributed by atoms with E-state index in [1.54, 1.807) is 0 Å². The number of rotatable bonds is 2. The van der Waals surface area contributed by atoms with Crippen LogP contribution >= 0.6 is 11.6 Å². The summed E-state index contributed by atoms with van der Waals surface area (Å²) in [6, 6.07) is 1.31. The second kappa shape index (κ2) is 6.93. The van der Waals surface area contributed by atoms with Gasteiger partial charge in [0.25, 0.3) is 0 Å². The third-order valence-electron chi connectivity index (χ3n) is 4.57. The molecule has 3 amide bonds. The van der Waals surface area contributed by atoms with Gasteiger partial charge in [0.1, 0.15) is 18.2 Å². The Labute approximate surface area is 143 Å². The summed E-state index contributed by atoms with van der Waals surface area (Å²) >= 11 is 5.51. The highest BCUT2D eigenvalue weighted by atomic mass is 35.5. The molecular formula is C16H18ClF2N3O2. The second-order valence-corrected chi connectivity index (χ2v) is 6.58. The van der Waals surface area contributed by atoms with Gasteiger partial charge in [-0.05, 0) is 25.0 Å². The molecule has 2 unspecified atom stereocenters. The highest BCUT2D eigenvalue weighted by Crippen LogP contribution is 2.26. The molecule has 1 aliphatic heterocycles. The predicted octanol–water partition coefficient (Wildman–Crippen LogP) is 2.57. The van der Waals surface area contributed by atoms with Gasteiger partial charge in [0.05, 0.1) is 11.1 Å². The molecule has 2 N–H and O–H groups in total. The summed E-state index contributed by atoms with van der Waals surface area (Å²) in [4.78, 5) is 25.7. The minimum Gasteiger partial charge on any atom is -0.350 e. The zero-order chi connectivity index (χ0) is 17.3. The van der Waals surface area contributed by atoms with Gasteiger partial charge in [0, 0.05) is 18.2 Å². The molecule has 8 heteroatoms. The molecule has 1 aromatic rings. The molecule has 1 heterocycles. The number of fused-ring (bicyclic) bond motifs is 1. The number of urea groups is 1. The van der Waals surface area contributed by atoms with Crippen molar-refractivity contribution in [3.63, 3.8) is 0 Å². The first kappa shape index (κ1) is 17.0. The van der Waals surface area contributed by atoms with E-state index in [-0.39, 0.29) is 41.7 Å². The Kier molecular flexibility index (Phi) is 4.89. The van der Waals surface area contributed by atoms with Gasteiger partial charge in [-0.25, -0.2) is 13.6 Å². The van der Waals surface area contributed by atoms with Crippen LogP contribution in [0, 0.1) is 11.6 Å². The molecule has 3 rings (SSSR count). The van der Waals surface area contributed by atoms with Gasteiger partial charge >= 0.3 is 6.03 Å². The Hall–Kier alpha value is -1.89. The lowest BCUT2D eigenvalue weighted by Crippen LogP contribution is -2.64. The van der Waals surface area contributed by atoms with Crippen molar-refractivity contribution in [2.24, 2.45) is 0 Å². The smallest absolute Gasteiger partial charge is 0.318 e. The maximum absolute atomic E-state index is 13.8. The fourth-order valence-electron chi connectivity index (χ4n) is 3.37. The first-order valence-corrected chi connectivity index (χ1v) is 8.31. The van der Waals surface area contributed by atoms with Crippen molar-refractivity contribution in [1.29, 1.82) is 0 Å². The Morgan fingerprint density at radius 2 is 2.04 bits per heavy atom. The summed E-state index contributed by atoms with van der Waals surface area (Å²) in [6.45, 7) is -0.196. The van der Waals surface area contributed by atoms with Gasteiger partial charge in [-0.2, -0.15) is 0 Å². The normalized spacial score (nSPS) is 23.5. The van der Waals surface area contributed by atoms with Crippen molar-refractivity contribution in [2.75, 3.05) is 6.54 Å². The summed E-state index contributed by atoms with van der Waals surface area (Å²) in [7, 11) is 0. The molecule has 2 fully saturated rings. The van der Waals surface area contributed by atoms with Crippen LogP contribution in [0.2, 0.25) is 5.02 Å². The maximum Gasteiger partial charge on any atom is 0.318 e. The Morgan fingerprint density at radius 1 is 1.29 bits per heavy atom. The summed E-state index contributed by atoms with van der Waals surface area (Å²) in [5, 5.41) is 5.18. The lowest BCUT2D eigenvalue weighted by molar-refractivity contribution is -0.126. The van der Waals surface area contributed by atoms with E-state index in [0.717, 1.165) is 37.8 Å². The lowest BCUT2D eigenvalue weighted by Gasteiger charge is -2.43. The number of halogens is 3. The largest absolute Gasteiger partial charge is 0.350 e. The van der Waals surface area contributed by atoms with Crippen LogP contribution in [0.5, 0.6) is 0 Å². The van der Waals surface area contributed by atoms with Crippen LogP contribution in [0.15, 0.2) is 12.1 Å². The topological polar surface area (TPSA) is 61.4 Å². The van der Waals surface area contributed by atoms with Gasteiger partial charge < -0.3 is 15.5 Å². The van der Waals surface area contributed by atoms with Crippen molar-refractivity contribution < 1.29 is 18.4 Å². The number of hydrogen-bond acceptors (Lipinski definition) is 2. The minimum absolute atomic E-state index is 0.00639. The molecule has 130 valence electrons. The van der Waals surface area contributed by atoms with Crippen molar-refractivity contribution in [2.45, 2.75) is 44.3 Å². The first-order chi connectivity index (χ1) is 11.5. The van der Waals surface area contributed by atoms with Gasteiger partial charge in [-0.15, -0.1) is 0 Å². The molecule has 2 aliphatic rings. The highest BCUT2D eigenvalue weighted by Gasteiger charge is 2.38. The van der Waals surface area contributed by atoms with Gasteiger partial charge in [-0.3, -0.25) is 4.79 Å². The number of benzene rings is 1. The number of piperazine rings is 1. The van der Waals surface area contributed by atoms with Gasteiger partial charge in [0.2, 0.25) is 5.91 Å². The summed E-state index contributed by atoms with van der Waals surface area (Å²) in [6.07, 6.45) is 3.68. The molecule has 0 aromatic heterocycles. The third kappa shape index (κ3) is 3.45. The van der Waals surface area contributed by atoms with E-state index in [0.29, 0.717) is 0 Å². The number of carbonyl (C=O) groups excluding carboxylic acids is 2. The Morgan fingerprint density at radius 3 is 2.83 bits per heavy atom. The van der Waals surface area contributed by atoms with E-state index in [4.69, 9.17) is 11.6 Å². The molecule has 0 radical (unpaired) electrons. The number of carbonyl (C=O) groups is 2. The van der Waals surface area contributed by atoms with Gasteiger partial charge in [0.15, 0.2) is 0 Å². The number of nitrogens with zero attached hydrogens (tertiary/aromatic N) is 1. The van der Waals surface area contributed by atoms with E-state index < -0.39 is 17.7 Å². The van der Waals surface area contributed by atoms with E-state index in [2.05, 4.69) is 10.6 Å². The first-order valence-electron chi connectivity index (χ1n) is 7.93. The fraction of sp³-hybridized carbons (Fsp3) is 0.500. The van der Waals surface area contributed by atoms with Crippen LogP contribution in [0.25, 0.3) is 0 Å². The fourth-order valence-corrected chi connectivity index (χ4v) is 3.52. The maximum atomic E-state index is 13.8. The molecule has 1 saturated heterocycles. The van der Waals surface area contributed by atoms with Crippen molar-refractivity contribution >= 4 is 23.5 Å². The van der Waals surface area contributed by atoms with E-state index in [1.807, 2.05) is 0 Å². The van der Waals surface area contributed by atoms with Crippen LogP contribution in [-0.2, 0) is 11.3 Å². The third-order valence-corrected chi connectivity index (χ3v) is 4.86. The summed E-state index contributed by atoms with van der Waals surface area (Å²) in [5.41, 5.74) is 0.00639. The summed E-state index contributed by atoms with van der Waals surface area (Å²) in [5.74, 6) is -1.63. The van der Waals surface area contributed by atoms with Crippen LogP contribution in [0.4, 0.5) is 13.6 Å². The van der Waals surface area contributed by atoms with Crippen LogP contribution in [0.1, 0.15) is 31.2 Å². The van der Waals surface area contributed by atoms with Crippen molar-refractivity contribution in [1.82, 2.24) is 15.5 Å². The quantitative estimate of drug-likeness (QED) is 0.799. The van der Waals surface area contributed by atoms with Crippen LogP contribution in [-0.4, -0.2) is 35.5 Å². The van der Waals surface area contributed by atoms with Crippen molar-refractivity contribution in [3.8, 4) is 0 Å². The second-order valence-electron chi connectivity index (χ2n) is 6.17. The highest BCUT2D eigenvalue weighted by molar-refractivity contribution is 6.30. The summed E-state index contributed by atoms with van der Waals surface area (Å²) < 4.78 is 27.2. The molecule has 5 nitrogen and oxygen atoms in total. The number of nitrogens with one attached hydrogen (secondary N) is 2. The molecule has 1 saturated carbocycles. The zero-order valence-corrected chi connectivity index (χ0v) is 13.7. The number of hydrogen-bond donors (Lipinski definition) is 2. The van der Waals surface area contributed by atoms with E-state index >= 15 is 0 Å². The predicted molar refractivity (Wildman–Crippen MR) is 84.5 cm³/mol. The average Bonchev–Trinajstić information content (AvgIpc) is 2.55. The molecule has 2 atom stereocenters. The van der Waals surface area contributed by atoms with Gasteiger partial charge in [-0.1, -0.05) is 24.4 Å². The molecular weight excluding hydrogens is 340 g/mol. The molecule has 24 heavy (non-hydrogen) atoms. The minimum atomic E-state index is -0.744. The van der Waals surface area contributed by atoms with Crippen LogP contribution in [0.3, 0.4) is 0 Å². The SMILES string of the molecule is O=C1CN(C(=O)NCc2cc(F)c(Cl)cc2F)C2CCCCC2N1. The zero-order valence-electron chi connectivity index (χ0n) is 12.9. The molecule has 0 spiro atoms. The Balaban J connectivity index is 1.68. The Bertz CT molecular complexity index is 671. The van der Waals surface area contributed by atoms with Crippen molar-refractivity contribution in [3.05, 3.63) is 34.4 Å². The number of amides is 3. The molecule has 1 aliphatic carbocycles. The van der Waals surface area contributed by atoms with Crippen LogP contribution < -0.4 is 10.6 Å². The monoisotopic (exact) mass is 357 g/mol. The average molecular weight is 358 g/mol.